The fourth-order valence-electron chi connectivity index (χ4n) is 9.33. The maximum absolute atomic E-state index is 12.8. The Bertz CT molecular complexity index is 2670. The molecule has 0 saturated carbocycles. The van der Waals surface area contributed by atoms with Gasteiger partial charge >= 0.3 is 0 Å². The average molecular weight is 975 g/mol. The van der Waals surface area contributed by atoms with Gasteiger partial charge in [0.25, 0.3) is 5.91 Å². The molecular formula is C55H69Cl2N9O3. The van der Waals surface area contributed by atoms with Gasteiger partial charge in [0, 0.05) is 97.2 Å². The number of rotatable bonds is 22. The molecule has 0 aliphatic carbocycles. The van der Waals surface area contributed by atoms with Crippen LogP contribution in [0.3, 0.4) is 0 Å². The predicted octanol–water partition coefficient (Wildman–Crippen LogP) is 6.98. The summed E-state index contributed by atoms with van der Waals surface area (Å²) in [5, 5.41) is 14.7. The van der Waals surface area contributed by atoms with Crippen molar-refractivity contribution in [3.8, 4) is 11.6 Å². The van der Waals surface area contributed by atoms with E-state index in [4.69, 9.17) is 10.5 Å². The quantitative estimate of drug-likeness (QED) is 0.0384. The van der Waals surface area contributed by atoms with Crippen LogP contribution in [0.5, 0.6) is 11.6 Å². The molecule has 3 aromatic carbocycles. The van der Waals surface area contributed by atoms with E-state index < -0.39 is 0 Å². The number of nitrogens with zero attached hydrogens (tertiary/aromatic N) is 6. The number of ether oxygens (including phenoxy) is 1. The Morgan fingerprint density at radius 1 is 0.812 bits per heavy atom. The van der Waals surface area contributed by atoms with Crippen LogP contribution in [-0.2, 0) is 35.1 Å². The van der Waals surface area contributed by atoms with Crippen molar-refractivity contribution < 1.29 is 31.3 Å². The van der Waals surface area contributed by atoms with Crippen molar-refractivity contribution in [1.29, 1.82) is 0 Å². The summed E-state index contributed by atoms with van der Waals surface area (Å²) in [4.78, 5) is 32.5. The third kappa shape index (κ3) is 13.6. The molecule has 0 radical (unpaired) electrons. The van der Waals surface area contributed by atoms with Crippen molar-refractivity contribution >= 4 is 41.3 Å². The Labute approximate surface area is 421 Å². The summed E-state index contributed by atoms with van der Waals surface area (Å²) in [6.45, 7) is 14.2. The fourth-order valence-corrected chi connectivity index (χ4v) is 9.33. The molecule has 2 aliphatic heterocycles. The van der Waals surface area contributed by atoms with Crippen molar-refractivity contribution in [3.05, 3.63) is 161 Å². The van der Waals surface area contributed by atoms with Gasteiger partial charge < -0.3 is 38.4 Å². The highest BCUT2D eigenvalue weighted by Crippen LogP contribution is 2.47. The number of carbonyl (C=O) groups is 2. The molecule has 366 valence electrons. The summed E-state index contributed by atoms with van der Waals surface area (Å²) < 4.78 is 10.1. The number of aromatic nitrogens is 4. The van der Waals surface area contributed by atoms with Crippen LogP contribution in [0.4, 0.5) is 11.4 Å². The van der Waals surface area contributed by atoms with Gasteiger partial charge in [0.2, 0.25) is 17.5 Å². The van der Waals surface area contributed by atoms with Gasteiger partial charge in [-0.15, -0.1) is 17.5 Å². The van der Waals surface area contributed by atoms with Gasteiger partial charge in [0.1, 0.15) is 12.8 Å². The van der Waals surface area contributed by atoms with E-state index in [9.17, 15) is 9.59 Å². The highest BCUT2D eigenvalue weighted by molar-refractivity contribution is 6.03. The summed E-state index contributed by atoms with van der Waals surface area (Å²) in [6.07, 6.45) is 19.5. The Kier molecular flexibility index (Phi) is 19.5. The van der Waals surface area contributed by atoms with Crippen LogP contribution in [0.1, 0.15) is 111 Å². The number of anilines is 1. The van der Waals surface area contributed by atoms with Crippen LogP contribution in [0.15, 0.2) is 127 Å². The largest absolute Gasteiger partial charge is 1.00 e. The van der Waals surface area contributed by atoms with E-state index in [1.54, 1.807) is 30.3 Å². The van der Waals surface area contributed by atoms with Crippen molar-refractivity contribution in [3.63, 3.8) is 0 Å². The molecule has 0 spiro atoms. The molecule has 2 aliphatic rings. The second-order valence-corrected chi connectivity index (χ2v) is 18.7. The number of halogens is 2. The van der Waals surface area contributed by atoms with Crippen LogP contribution in [0.25, 0.3) is 0 Å². The normalized spacial score (nSPS) is 15.0. The molecule has 12 nitrogen and oxygen atoms in total. The molecule has 14 heteroatoms. The monoisotopic (exact) mass is 973 g/mol. The Hall–Kier alpha value is -6.08. The summed E-state index contributed by atoms with van der Waals surface area (Å²) in [7, 11) is 2.15. The van der Waals surface area contributed by atoms with Crippen molar-refractivity contribution in [2.75, 3.05) is 31.6 Å². The van der Waals surface area contributed by atoms with Crippen molar-refractivity contribution in [2.24, 2.45) is 5.73 Å². The first-order valence-corrected chi connectivity index (χ1v) is 23.9. The smallest absolute Gasteiger partial charge is 0.251 e. The molecule has 0 unspecified atom stereocenters. The maximum Gasteiger partial charge on any atom is 0.251 e. The zero-order valence-electron chi connectivity index (χ0n) is 41.0. The van der Waals surface area contributed by atoms with Crippen LogP contribution >= 0.6 is 12.4 Å². The number of nitrogens with one attached hydrogen (secondary N) is 2. The Morgan fingerprint density at radius 2 is 1.58 bits per heavy atom. The summed E-state index contributed by atoms with van der Waals surface area (Å²) in [6, 6.07) is 28.2. The van der Waals surface area contributed by atoms with Crippen molar-refractivity contribution in [1.82, 2.24) is 30.6 Å². The van der Waals surface area contributed by atoms with Crippen LogP contribution in [-0.4, -0.2) is 68.8 Å². The second kappa shape index (κ2) is 25.0. The highest BCUT2D eigenvalue weighted by Gasteiger charge is 2.42. The highest BCUT2D eigenvalue weighted by atomic mass is 35.5. The van der Waals surface area contributed by atoms with Gasteiger partial charge in [-0.05, 0) is 107 Å². The number of carbonyl (C=O) groups excluding carboxylic acids is 2. The molecule has 4 N–H and O–H groups in total. The standard InChI is InChI=1S/C55H67N9O3.2ClH/c1-40-35-41(38-56)36-52(59-40)67-44-23-19-21-42(37-44)53(66)58-31-17-16-22-43-39-63(61-60-43)33-20-32-57-51(65)30-11-8-18-34-64-48-27-15-13-25-46(48)55(4,5)50(64)29-10-7-9-28-49-54(2,3)45-24-12-14-26-47(45)62(49)6;;/h7,9-10,12-15,19,21,23-29,35-37,39H,8,11,16-18,20,22,30-34,38,56H2,1-6H3,(H-,57,58,65,66);2*1H. The van der Waals surface area contributed by atoms with E-state index in [0.29, 0.717) is 49.8 Å². The minimum Gasteiger partial charge on any atom is -1.00 e. The van der Waals surface area contributed by atoms with Gasteiger partial charge in [-0.3, -0.25) is 14.3 Å². The van der Waals surface area contributed by atoms with Crippen LogP contribution in [0.2, 0.25) is 0 Å². The first-order chi connectivity index (χ1) is 32.3. The number of unbranched alkanes of at least 4 members (excludes halogenated alkanes) is 3. The number of fused-ring (bicyclic) bond motifs is 2. The first kappa shape index (κ1) is 53.9. The fraction of sp³-hybridized carbons (Fsp3) is 0.382. The number of hydrogen-bond donors (Lipinski definition) is 3. The Balaban J connectivity index is 0.00000444. The number of para-hydroxylation sites is 2. The Morgan fingerprint density at radius 3 is 2.38 bits per heavy atom. The third-order valence-corrected chi connectivity index (χ3v) is 12.9. The number of amides is 2. The van der Waals surface area contributed by atoms with Gasteiger partial charge in [-0.2, -0.15) is 4.58 Å². The lowest BCUT2D eigenvalue weighted by atomic mass is 9.81. The molecule has 0 atom stereocenters. The van der Waals surface area contributed by atoms with Gasteiger partial charge in [-0.1, -0.05) is 86.2 Å². The summed E-state index contributed by atoms with van der Waals surface area (Å²) >= 11 is 0. The number of pyridine rings is 1. The number of aryl methyl sites for hydroxylation is 3. The van der Waals surface area contributed by atoms with E-state index in [-0.39, 0.29) is 47.5 Å². The van der Waals surface area contributed by atoms with E-state index in [2.05, 4.69) is 149 Å². The predicted molar refractivity (Wildman–Crippen MR) is 276 cm³/mol. The minimum atomic E-state index is -0.157. The lowest BCUT2D eigenvalue weighted by Gasteiger charge is -2.27. The van der Waals surface area contributed by atoms with E-state index in [1.807, 2.05) is 23.9 Å². The van der Waals surface area contributed by atoms with Gasteiger partial charge in [0.15, 0.2) is 5.71 Å². The van der Waals surface area contributed by atoms with Gasteiger partial charge in [0.05, 0.1) is 11.1 Å². The lowest BCUT2D eigenvalue weighted by molar-refractivity contribution is -0.401. The minimum absolute atomic E-state index is 0. The molecule has 7 rings (SSSR count). The maximum atomic E-state index is 12.8. The molecule has 69 heavy (non-hydrogen) atoms. The third-order valence-electron chi connectivity index (χ3n) is 12.9. The van der Waals surface area contributed by atoms with Crippen LogP contribution in [0, 0.1) is 6.92 Å². The SMILES string of the molecule is Cc1cc(CN)cc(Oc2cccc(C(=O)NCCCCc3cn(CCCNC(=O)CCCCCN4C(=CC=CC=CC5=[N+](C)c6ccccc6C5(C)C)C(C)(C)c5ccccc54)nn3)c2)n1.Cl.[Cl-]. The number of nitrogens with two attached hydrogens (primary N) is 1. The molecule has 0 fully saturated rings. The van der Waals surface area contributed by atoms with Crippen molar-refractivity contribution in [2.45, 2.75) is 110 Å². The topological polar surface area (TPSA) is 143 Å². The van der Waals surface area contributed by atoms with E-state index in [0.717, 1.165) is 68.4 Å². The molecule has 0 bridgehead atoms. The molecule has 2 aromatic heterocycles. The molecule has 5 aromatic rings. The second-order valence-electron chi connectivity index (χ2n) is 18.7. The number of benzene rings is 3. The zero-order valence-corrected chi connectivity index (χ0v) is 42.6. The molecular weight excluding hydrogens is 906 g/mol. The first-order valence-electron chi connectivity index (χ1n) is 23.9. The average Bonchev–Trinajstić information content (AvgIpc) is 3.92. The summed E-state index contributed by atoms with van der Waals surface area (Å²) in [5.74, 6) is 0.919. The lowest BCUT2D eigenvalue weighted by Crippen LogP contribution is -3.00. The van der Waals surface area contributed by atoms with Gasteiger partial charge in [-0.25, -0.2) is 4.98 Å². The summed E-state index contributed by atoms with van der Waals surface area (Å²) in [5.41, 5.74) is 16.6. The van der Waals surface area contributed by atoms with Crippen LogP contribution < -0.4 is 38.4 Å². The molecule has 0 saturated heterocycles. The van der Waals surface area contributed by atoms with E-state index in [1.165, 1.54) is 33.9 Å². The number of allylic oxidation sites excluding steroid dienone is 6. The van der Waals surface area contributed by atoms with E-state index >= 15 is 0 Å². The molecule has 2 amide bonds. The molecule has 4 heterocycles. The number of hydrogen-bond acceptors (Lipinski definition) is 8. The zero-order chi connectivity index (χ0) is 47.4.